The van der Waals surface area contributed by atoms with E-state index in [9.17, 15) is 4.79 Å². The van der Waals surface area contributed by atoms with Gasteiger partial charge >= 0.3 is 5.97 Å². The van der Waals surface area contributed by atoms with Gasteiger partial charge in [-0.05, 0) is 18.2 Å². The van der Waals surface area contributed by atoms with E-state index in [4.69, 9.17) is 16.7 Å². The first-order valence-electron chi connectivity index (χ1n) is 3.77. The first-order valence-corrected chi connectivity index (χ1v) is 4.78. The molecule has 0 atom stereocenters. The number of thiol groups is 1. The van der Waals surface area contributed by atoms with Crippen molar-refractivity contribution >= 4 is 30.2 Å². The molecule has 0 aliphatic heterocycles. The summed E-state index contributed by atoms with van der Waals surface area (Å²) in [6, 6.07) is 4.48. The van der Waals surface area contributed by atoms with Gasteiger partial charge in [0.25, 0.3) is 0 Å². The first kappa shape index (κ1) is 11.0. The van der Waals surface area contributed by atoms with Gasteiger partial charge in [-0.3, -0.25) is 0 Å². The van der Waals surface area contributed by atoms with Crippen LogP contribution in [-0.2, 0) is 0 Å². The molecule has 0 unspecified atom stereocenters. The Hall–Kier alpha value is -1.11. The molecule has 0 aliphatic rings. The van der Waals surface area contributed by atoms with Crippen molar-refractivity contribution < 1.29 is 9.90 Å². The Morgan fingerprint density at radius 2 is 2.21 bits per heavy atom. The van der Waals surface area contributed by atoms with Gasteiger partial charge in [0.15, 0.2) is 0 Å². The smallest absolute Gasteiger partial charge is 0.335 e. The average Bonchev–Trinajstić information content (AvgIpc) is 2.14. The summed E-state index contributed by atoms with van der Waals surface area (Å²) in [6.45, 7) is 0. The van der Waals surface area contributed by atoms with E-state index >= 15 is 0 Å². The number of benzene rings is 1. The largest absolute Gasteiger partial charge is 0.478 e. The molecule has 0 saturated carbocycles. The molecule has 0 spiro atoms. The normalized spacial score (nSPS) is 9.00. The topological polar surface area (TPSA) is 37.3 Å². The van der Waals surface area contributed by atoms with E-state index in [0.29, 0.717) is 16.3 Å². The molecule has 1 aromatic rings. The Morgan fingerprint density at radius 1 is 1.50 bits per heavy atom. The van der Waals surface area contributed by atoms with Gasteiger partial charge in [0, 0.05) is 10.6 Å². The molecule has 1 rings (SSSR count). The zero-order valence-electron chi connectivity index (χ0n) is 7.12. The molecule has 0 bridgehead atoms. The van der Waals surface area contributed by atoms with Crippen LogP contribution in [0.15, 0.2) is 18.2 Å². The van der Waals surface area contributed by atoms with E-state index in [2.05, 4.69) is 24.5 Å². The molecule has 1 N–H and O–H groups in total. The van der Waals surface area contributed by atoms with Crippen LogP contribution in [0.1, 0.15) is 15.9 Å². The summed E-state index contributed by atoms with van der Waals surface area (Å²) in [5, 5.41) is 9.11. The molecule has 2 nitrogen and oxygen atoms in total. The van der Waals surface area contributed by atoms with Gasteiger partial charge < -0.3 is 5.11 Å². The van der Waals surface area contributed by atoms with E-state index in [-0.39, 0.29) is 5.56 Å². The van der Waals surface area contributed by atoms with Gasteiger partial charge in [0.05, 0.1) is 11.3 Å². The number of hydrogen-bond donors (Lipinski definition) is 2. The third-order valence-corrected chi connectivity index (χ3v) is 1.83. The van der Waals surface area contributed by atoms with Crippen molar-refractivity contribution in [3.63, 3.8) is 0 Å². The minimum Gasteiger partial charge on any atom is -0.478 e. The maximum atomic E-state index is 10.7. The molecule has 0 saturated heterocycles. The van der Waals surface area contributed by atoms with E-state index in [0.717, 1.165) is 0 Å². The number of aromatic carboxylic acids is 1. The molecule has 72 valence electrons. The molecule has 0 aromatic heterocycles. The Morgan fingerprint density at radius 3 is 2.79 bits per heavy atom. The van der Waals surface area contributed by atoms with E-state index < -0.39 is 5.97 Å². The second-order valence-electron chi connectivity index (χ2n) is 2.49. The van der Waals surface area contributed by atoms with Crippen molar-refractivity contribution in [2.24, 2.45) is 0 Å². The van der Waals surface area contributed by atoms with Gasteiger partial charge in [0.1, 0.15) is 0 Å². The van der Waals surface area contributed by atoms with E-state index in [1.165, 1.54) is 12.1 Å². The van der Waals surface area contributed by atoms with Crippen LogP contribution >= 0.6 is 24.2 Å². The fraction of sp³-hybridized carbons (Fsp3) is 0.100. The van der Waals surface area contributed by atoms with Gasteiger partial charge in [0.2, 0.25) is 0 Å². The van der Waals surface area contributed by atoms with Crippen molar-refractivity contribution in [3.05, 3.63) is 34.3 Å². The lowest BCUT2D eigenvalue weighted by atomic mass is 10.1. The zero-order chi connectivity index (χ0) is 10.6. The fourth-order valence-electron chi connectivity index (χ4n) is 0.927. The maximum absolute atomic E-state index is 10.7. The minimum absolute atomic E-state index is 0.140. The van der Waals surface area contributed by atoms with Gasteiger partial charge in [-0.2, -0.15) is 12.6 Å². The molecule has 4 heteroatoms. The average molecular weight is 227 g/mol. The van der Waals surface area contributed by atoms with Gasteiger partial charge in [-0.1, -0.05) is 23.4 Å². The van der Waals surface area contributed by atoms with Crippen LogP contribution in [0.2, 0.25) is 5.02 Å². The Kier molecular flexibility index (Phi) is 3.87. The Labute approximate surface area is 92.3 Å². The summed E-state index contributed by atoms with van der Waals surface area (Å²) in [7, 11) is 0. The maximum Gasteiger partial charge on any atom is 0.335 e. The number of halogens is 1. The van der Waals surface area contributed by atoms with Crippen molar-refractivity contribution in [3.8, 4) is 11.8 Å². The third-order valence-electron chi connectivity index (χ3n) is 1.46. The summed E-state index contributed by atoms with van der Waals surface area (Å²) in [5.74, 6) is 4.89. The molecule has 0 amide bonds. The number of hydrogen-bond acceptors (Lipinski definition) is 2. The van der Waals surface area contributed by atoms with Crippen LogP contribution in [0, 0.1) is 11.8 Å². The number of carbonyl (C=O) groups is 1. The molecule has 1 aromatic carbocycles. The standard InChI is InChI=1S/C10H7ClO2S/c11-9-5-7(2-1-3-14)4-8(6-9)10(12)13/h4-6,14H,3H2,(H,12,13). The van der Waals surface area contributed by atoms with Crippen molar-refractivity contribution in [1.29, 1.82) is 0 Å². The zero-order valence-corrected chi connectivity index (χ0v) is 8.77. The van der Waals surface area contributed by atoms with Crippen molar-refractivity contribution in [1.82, 2.24) is 0 Å². The minimum atomic E-state index is -1.01. The first-order chi connectivity index (χ1) is 6.63. The molecular weight excluding hydrogens is 220 g/mol. The summed E-state index contributed by atoms with van der Waals surface area (Å²) in [6.07, 6.45) is 0. The highest BCUT2D eigenvalue weighted by Gasteiger charge is 2.04. The van der Waals surface area contributed by atoms with E-state index in [1.807, 2.05) is 0 Å². The summed E-state index contributed by atoms with van der Waals surface area (Å²) in [5.41, 5.74) is 0.727. The van der Waals surface area contributed by atoms with E-state index in [1.54, 1.807) is 6.07 Å². The van der Waals surface area contributed by atoms with Crippen molar-refractivity contribution in [2.45, 2.75) is 0 Å². The number of carboxylic acids is 1. The van der Waals surface area contributed by atoms with Crippen LogP contribution < -0.4 is 0 Å². The predicted octanol–water partition coefficient (Wildman–Crippen LogP) is 2.32. The van der Waals surface area contributed by atoms with Gasteiger partial charge in [-0.15, -0.1) is 0 Å². The molecular formula is C10H7ClO2S. The van der Waals surface area contributed by atoms with Crippen LogP contribution in [0.5, 0.6) is 0 Å². The van der Waals surface area contributed by atoms with Crippen LogP contribution in [-0.4, -0.2) is 16.8 Å². The highest BCUT2D eigenvalue weighted by atomic mass is 35.5. The lowest BCUT2D eigenvalue weighted by Gasteiger charge is -1.97. The number of rotatable bonds is 1. The highest BCUT2D eigenvalue weighted by Crippen LogP contribution is 2.14. The molecule has 0 fully saturated rings. The van der Waals surface area contributed by atoms with Crippen LogP contribution in [0.25, 0.3) is 0 Å². The second-order valence-corrected chi connectivity index (χ2v) is 3.25. The predicted molar refractivity (Wildman–Crippen MR) is 59.1 cm³/mol. The summed E-state index contributed by atoms with van der Waals surface area (Å²) >= 11 is 9.64. The quantitative estimate of drug-likeness (QED) is 0.570. The van der Waals surface area contributed by atoms with Crippen molar-refractivity contribution in [2.75, 3.05) is 5.75 Å². The lowest BCUT2D eigenvalue weighted by molar-refractivity contribution is 0.0697. The molecule has 0 aliphatic carbocycles. The Bertz CT molecular complexity index is 418. The monoisotopic (exact) mass is 226 g/mol. The third kappa shape index (κ3) is 2.99. The fourth-order valence-corrected chi connectivity index (χ4v) is 1.24. The second kappa shape index (κ2) is 4.94. The SMILES string of the molecule is O=C(O)c1cc(Cl)cc(C#CCS)c1. The molecule has 0 radical (unpaired) electrons. The number of carboxylic acid groups (broad SMARTS) is 1. The van der Waals surface area contributed by atoms with Crippen LogP contribution in [0.4, 0.5) is 0 Å². The molecule has 14 heavy (non-hydrogen) atoms. The van der Waals surface area contributed by atoms with Crippen LogP contribution in [0.3, 0.4) is 0 Å². The lowest BCUT2D eigenvalue weighted by Crippen LogP contribution is -1.96. The summed E-state index contributed by atoms with van der Waals surface area (Å²) < 4.78 is 0. The summed E-state index contributed by atoms with van der Waals surface area (Å²) in [4.78, 5) is 10.7. The molecule has 0 heterocycles. The van der Waals surface area contributed by atoms with Gasteiger partial charge in [-0.25, -0.2) is 4.79 Å². The Balaban J connectivity index is 3.13. The highest BCUT2D eigenvalue weighted by molar-refractivity contribution is 7.80.